The number of anilines is 1. The average molecular weight is 339 g/mol. The number of nitrogens with zero attached hydrogens (tertiary/aromatic N) is 6. The van der Waals surface area contributed by atoms with Gasteiger partial charge in [0.05, 0.1) is 17.8 Å². The number of rotatable bonds is 5. The van der Waals surface area contributed by atoms with Crippen molar-refractivity contribution in [1.29, 1.82) is 0 Å². The third-order valence-electron chi connectivity index (χ3n) is 4.05. The van der Waals surface area contributed by atoms with Crippen molar-refractivity contribution in [3.8, 4) is 0 Å². The number of piperazine rings is 1. The third-order valence-corrected chi connectivity index (χ3v) is 5.35. The minimum atomic E-state index is -3.07. The normalized spacial score (nSPS) is 17.7. The lowest BCUT2D eigenvalue weighted by Gasteiger charge is -2.33. The van der Waals surface area contributed by atoms with Gasteiger partial charge in [-0.25, -0.2) is 18.4 Å². The van der Waals surface area contributed by atoms with E-state index in [1.54, 1.807) is 10.9 Å². The van der Waals surface area contributed by atoms with Gasteiger partial charge in [-0.2, -0.15) is 9.40 Å². The van der Waals surface area contributed by atoms with E-state index in [9.17, 15) is 8.42 Å². The molecule has 23 heavy (non-hydrogen) atoms. The Kier molecular flexibility index (Phi) is 4.46. The molecule has 2 aromatic heterocycles. The lowest BCUT2D eigenvalue weighted by atomic mass is 10.3. The highest BCUT2D eigenvalue weighted by Gasteiger charge is 2.22. The number of hydrogen-bond donors (Lipinski definition) is 1. The maximum atomic E-state index is 11.5. The van der Waals surface area contributed by atoms with Crippen molar-refractivity contribution < 1.29 is 8.42 Å². The maximum absolute atomic E-state index is 11.5. The lowest BCUT2D eigenvalue weighted by molar-refractivity contribution is 0.195. The van der Waals surface area contributed by atoms with Crippen LogP contribution in [0.5, 0.6) is 0 Å². The smallest absolute Gasteiger partial charge is 0.211 e. The maximum Gasteiger partial charge on any atom is 0.211 e. The van der Waals surface area contributed by atoms with Crippen LogP contribution in [0.2, 0.25) is 0 Å². The number of aromatic nitrogens is 4. The van der Waals surface area contributed by atoms with Gasteiger partial charge < -0.3 is 5.32 Å². The van der Waals surface area contributed by atoms with Gasteiger partial charge in [-0.05, 0) is 0 Å². The van der Waals surface area contributed by atoms with Crippen molar-refractivity contribution >= 4 is 26.9 Å². The highest BCUT2D eigenvalue weighted by Crippen LogP contribution is 2.17. The molecule has 9 nitrogen and oxygen atoms in total. The Balaban J connectivity index is 1.52. The summed E-state index contributed by atoms with van der Waals surface area (Å²) in [5.41, 5.74) is 0.796. The highest BCUT2D eigenvalue weighted by molar-refractivity contribution is 7.88. The molecule has 1 aliphatic heterocycles. The summed E-state index contributed by atoms with van der Waals surface area (Å²) in [4.78, 5) is 10.7. The molecule has 0 atom stereocenters. The number of hydrogen-bond acceptors (Lipinski definition) is 7. The third kappa shape index (κ3) is 3.59. The van der Waals surface area contributed by atoms with Gasteiger partial charge in [0.15, 0.2) is 5.65 Å². The predicted molar refractivity (Wildman–Crippen MR) is 87.7 cm³/mol. The molecule has 0 saturated carbocycles. The summed E-state index contributed by atoms with van der Waals surface area (Å²) >= 11 is 0. The van der Waals surface area contributed by atoms with Crippen LogP contribution < -0.4 is 5.32 Å². The molecule has 0 aliphatic carbocycles. The minimum absolute atomic E-state index is 0.555. The van der Waals surface area contributed by atoms with E-state index in [4.69, 9.17) is 0 Å². The molecule has 2 aromatic rings. The van der Waals surface area contributed by atoms with E-state index in [2.05, 4.69) is 25.3 Å². The average Bonchev–Trinajstić information content (AvgIpc) is 2.90. The number of nitrogens with one attached hydrogen (secondary N) is 1. The van der Waals surface area contributed by atoms with Gasteiger partial charge in [-0.15, -0.1) is 0 Å². The summed E-state index contributed by atoms with van der Waals surface area (Å²) in [6.45, 7) is 4.18. The van der Waals surface area contributed by atoms with Crippen LogP contribution in [0.3, 0.4) is 0 Å². The zero-order valence-electron chi connectivity index (χ0n) is 13.3. The molecule has 1 saturated heterocycles. The summed E-state index contributed by atoms with van der Waals surface area (Å²) in [5.74, 6) is 0.776. The number of fused-ring (bicyclic) bond motifs is 1. The molecule has 1 N–H and O–H groups in total. The lowest BCUT2D eigenvalue weighted by Crippen LogP contribution is -2.49. The van der Waals surface area contributed by atoms with E-state index >= 15 is 0 Å². The van der Waals surface area contributed by atoms with E-state index in [0.717, 1.165) is 43.0 Å². The van der Waals surface area contributed by atoms with Gasteiger partial charge >= 0.3 is 0 Å². The van der Waals surface area contributed by atoms with Crippen molar-refractivity contribution in [2.45, 2.75) is 0 Å². The first-order chi connectivity index (χ1) is 10.9. The second kappa shape index (κ2) is 6.38. The molecule has 0 amide bonds. The van der Waals surface area contributed by atoms with Crippen LogP contribution in [-0.4, -0.2) is 82.9 Å². The first-order valence-corrected chi connectivity index (χ1v) is 9.34. The highest BCUT2D eigenvalue weighted by atomic mass is 32.2. The number of sulfonamides is 1. The van der Waals surface area contributed by atoms with Gasteiger partial charge in [0.1, 0.15) is 12.1 Å². The molecule has 10 heteroatoms. The van der Waals surface area contributed by atoms with Gasteiger partial charge in [0.2, 0.25) is 10.0 Å². The molecule has 3 rings (SSSR count). The van der Waals surface area contributed by atoms with Gasteiger partial charge in [0.25, 0.3) is 0 Å². The molecule has 0 spiro atoms. The summed E-state index contributed by atoms with van der Waals surface area (Å²) in [6, 6.07) is 0. The van der Waals surface area contributed by atoms with Crippen molar-refractivity contribution in [2.75, 3.05) is 50.8 Å². The Morgan fingerprint density at radius 3 is 2.65 bits per heavy atom. The molecule has 1 fully saturated rings. The van der Waals surface area contributed by atoms with Crippen LogP contribution in [0.1, 0.15) is 0 Å². The molecule has 0 aromatic carbocycles. The zero-order valence-corrected chi connectivity index (χ0v) is 14.1. The summed E-state index contributed by atoms with van der Waals surface area (Å²) < 4.78 is 26.2. The zero-order chi connectivity index (χ0) is 16.4. The van der Waals surface area contributed by atoms with Crippen LogP contribution in [0.25, 0.3) is 11.0 Å². The van der Waals surface area contributed by atoms with Crippen LogP contribution in [0.4, 0.5) is 5.82 Å². The second-order valence-electron chi connectivity index (χ2n) is 5.66. The molecular formula is C13H21N7O2S. The Morgan fingerprint density at radius 2 is 1.96 bits per heavy atom. The summed E-state index contributed by atoms with van der Waals surface area (Å²) in [5, 5.41) is 8.40. The Hall–Kier alpha value is -1.78. The van der Waals surface area contributed by atoms with Crippen molar-refractivity contribution in [2.24, 2.45) is 7.05 Å². The first kappa shape index (κ1) is 16.1. The topological polar surface area (TPSA) is 96.2 Å². The molecular weight excluding hydrogens is 318 g/mol. The molecule has 126 valence electrons. The monoisotopic (exact) mass is 339 g/mol. The molecule has 0 bridgehead atoms. The van der Waals surface area contributed by atoms with Crippen molar-refractivity contribution in [3.05, 3.63) is 12.5 Å². The van der Waals surface area contributed by atoms with E-state index in [-0.39, 0.29) is 0 Å². The second-order valence-corrected chi connectivity index (χ2v) is 7.64. The quantitative estimate of drug-likeness (QED) is 0.773. The van der Waals surface area contributed by atoms with Gasteiger partial charge in [-0.3, -0.25) is 9.58 Å². The Morgan fingerprint density at radius 1 is 1.22 bits per heavy atom. The largest absolute Gasteiger partial charge is 0.368 e. The fourth-order valence-electron chi connectivity index (χ4n) is 2.72. The Labute approximate surface area is 135 Å². The summed E-state index contributed by atoms with van der Waals surface area (Å²) in [6.07, 6.45) is 4.54. The van der Waals surface area contributed by atoms with Crippen molar-refractivity contribution in [1.82, 2.24) is 29.0 Å². The SMILES string of the molecule is Cn1ncc2c(NCCN3CCN(S(C)(=O)=O)CC3)ncnc21. The minimum Gasteiger partial charge on any atom is -0.368 e. The summed E-state index contributed by atoms with van der Waals surface area (Å²) in [7, 11) is -1.22. The van der Waals surface area contributed by atoms with E-state index < -0.39 is 10.0 Å². The van der Waals surface area contributed by atoms with E-state index in [1.807, 2.05) is 7.05 Å². The van der Waals surface area contributed by atoms with Crippen LogP contribution in [-0.2, 0) is 17.1 Å². The standard InChI is InChI=1S/C13H21N7O2S/c1-18-13-11(9-17-18)12(15-10-16-13)14-3-4-19-5-7-20(8-6-19)23(2,21)22/h9-10H,3-8H2,1-2H3,(H,14,15,16). The fourth-order valence-corrected chi connectivity index (χ4v) is 3.55. The fraction of sp³-hybridized carbons (Fsp3) is 0.615. The Bertz CT molecular complexity index is 781. The molecule has 0 radical (unpaired) electrons. The van der Waals surface area contributed by atoms with Crippen LogP contribution in [0.15, 0.2) is 12.5 Å². The predicted octanol–water partition coefficient (Wildman–Crippen LogP) is -0.648. The van der Waals surface area contributed by atoms with Gasteiger partial charge in [-0.1, -0.05) is 0 Å². The molecule has 3 heterocycles. The molecule has 0 unspecified atom stereocenters. The van der Waals surface area contributed by atoms with Crippen molar-refractivity contribution in [3.63, 3.8) is 0 Å². The number of aryl methyl sites for hydroxylation is 1. The first-order valence-electron chi connectivity index (χ1n) is 7.49. The van der Waals surface area contributed by atoms with Crippen LogP contribution in [0, 0.1) is 0 Å². The van der Waals surface area contributed by atoms with E-state index in [0.29, 0.717) is 13.1 Å². The van der Waals surface area contributed by atoms with Gasteiger partial charge in [0, 0.05) is 46.3 Å². The molecule has 1 aliphatic rings. The van der Waals surface area contributed by atoms with E-state index in [1.165, 1.54) is 16.9 Å². The van der Waals surface area contributed by atoms with Crippen LogP contribution >= 0.6 is 0 Å².